The SMILES string of the molecule is CNNc1ccc(N)cc1N. The number of hydrazine groups is 1. The van der Waals surface area contributed by atoms with Crippen LogP contribution in [0.15, 0.2) is 18.2 Å². The zero-order chi connectivity index (χ0) is 8.27. The molecule has 0 saturated heterocycles. The van der Waals surface area contributed by atoms with Gasteiger partial charge in [-0.05, 0) is 18.2 Å². The second-order valence-corrected chi connectivity index (χ2v) is 2.22. The third-order valence-corrected chi connectivity index (χ3v) is 1.34. The topological polar surface area (TPSA) is 76.1 Å². The van der Waals surface area contributed by atoms with Crippen LogP contribution < -0.4 is 22.3 Å². The molecule has 0 aliphatic heterocycles. The monoisotopic (exact) mass is 152 g/mol. The third kappa shape index (κ3) is 1.75. The summed E-state index contributed by atoms with van der Waals surface area (Å²) >= 11 is 0. The molecule has 0 unspecified atom stereocenters. The maximum absolute atomic E-state index is 5.62. The van der Waals surface area contributed by atoms with Crippen molar-refractivity contribution in [1.29, 1.82) is 0 Å². The van der Waals surface area contributed by atoms with Crippen LogP contribution >= 0.6 is 0 Å². The predicted octanol–water partition coefficient (Wildman–Crippen LogP) is 0.397. The lowest BCUT2D eigenvalue weighted by Gasteiger charge is -2.07. The van der Waals surface area contributed by atoms with Crippen LogP contribution in [0, 0.1) is 0 Å². The highest BCUT2D eigenvalue weighted by atomic mass is 15.3. The van der Waals surface area contributed by atoms with Gasteiger partial charge in [0.2, 0.25) is 0 Å². The lowest BCUT2D eigenvalue weighted by Crippen LogP contribution is -2.16. The van der Waals surface area contributed by atoms with E-state index in [9.17, 15) is 0 Å². The van der Waals surface area contributed by atoms with Gasteiger partial charge in [0.25, 0.3) is 0 Å². The molecule has 0 saturated carbocycles. The molecule has 4 nitrogen and oxygen atoms in total. The van der Waals surface area contributed by atoms with Crippen LogP contribution in [0.3, 0.4) is 0 Å². The fourth-order valence-corrected chi connectivity index (χ4v) is 0.830. The van der Waals surface area contributed by atoms with Gasteiger partial charge in [-0.3, -0.25) is 0 Å². The number of nitrogen functional groups attached to an aromatic ring is 2. The van der Waals surface area contributed by atoms with E-state index in [0.29, 0.717) is 11.4 Å². The van der Waals surface area contributed by atoms with Crippen LogP contribution in [-0.4, -0.2) is 7.05 Å². The summed E-state index contributed by atoms with van der Waals surface area (Å²) in [6.07, 6.45) is 0. The summed E-state index contributed by atoms with van der Waals surface area (Å²) in [5.74, 6) is 0. The van der Waals surface area contributed by atoms with E-state index in [0.717, 1.165) is 5.69 Å². The van der Waals surface area contributed by atoms with Gasteiger partial charge in [-0.25, -0.2) is 5.43 Å². The molecule has 0 radical (unpaired) electrons. The van der Waals surface area contributed by atoms with Gasteiger partial charge >= 0.3 is 0 Å². The predicted molar refractivity (Wildman–Crippen MR) is 47.9 cm³/mol. The summed E-state index contributed by atoms with van der Waals surface area (Å²) in [6, 6.07) is 5.32. The third-order valence-electron chi connectivity index (χ3n) is 1.34. The number of rotatable bonds is 2. The number of benzene rings is 1. The van der Waals surface area contributed by atoms with Crippen LogP contribution in [0.2, 0.25) is 0 Å². The molecule has 0 fully saturated rings. The van der Waals surface area contributed by atoms with Gasteiger partial charge < -0.3 is 16.9 Å². The molecule has 1 aromatic rings. The summed E-state index contributed by atoms with van der Waals surface area (Å²) in [5, 5.41) is 0. The quantitative estimate of drug-likeness (QED) is 0.365. The Hall–Kier alpha value is -1.42. The number of nitrogens with two attached hydrogens (primary N) is 2. The van der Waals surface area contributed by atoms with E-state index in [-0.39, 0.29) is 0 Å². The minimum Gasteiger partial charge on any atom is -0.399 e. The summed E-state index contributed by atoms with van der Waals surface area (Å²) < 4.78 is 0. The summed E-state index contributed by atoms with van der Waals surface area (Å²) in [4.78, 5) is 0. The average Bonchev–Trinajstić information content (AvgIpc) is 1.95. The van der Waals surface area contributed by atoms with Crippen molar-refractivity contribution in [2.45, 2.75) is 0 Å². The zero-order valence-corrected chi connectivity index (χ0v) is 6.39. The number of hydrogen-bond donors (Lipinski definition) is 4. The first-order chi connectivity index (χ1) is 5.24. The molecular weight excluding hydrogens is 140 g/mol. The fourth-order valence-electron chi connectivity index (χ4n) is 0.830. The van der Waals surface area contributed by atoms with Crippen molar-refractivity contribution in [3.05, 3.63) is 18.2 Å². The van der Waals surface area contributed by atoms with E-state index >= 15 is 0 Å². The molecule has 6 N–H and O–H groups in total. The van der Waals surface area contributed by atoms with Crippen molar-refractivity contribution in [3.8, 4) is 0 Å². The standard InChI is InChI=1S/C7H12N4/c1-10-11-7-3-2-5(8)4-6(7)9/h2-4,10-11H,8-9H2,1H3. The molecule has 0 spiro atoms. The van der Waals surface area contributed by atoms with Crippen molar-refractivity contribution in [1.82, 2.24) is 5.43 Å². The Labute approximate surface area is 65.5 Å². The molecule has 0 amide bonds. The maximum atomic E-state index is 5.62. The molecule has 11 heavy (non-hydrogen) atoms. The molecule has 0 aliphatic rings. The van der Waals surface area contributed by atoms with E-state index in [1.54, 1.807) is 19.2 Å². The van der Waals surface area contributed by atoms with E-state index in [1.807, 2.05) is 6.07 Å². The van der Waals surface area contributed by atoms with E-state index in [1.165, 1.54) is 0 Å². The summed E-state index contributed by atoms with van der Waals surface area (Å²) in [6.45, 7) is 0. The van der Waals surface area contributed by atoms with Gasteiger partial charge in [0.1, 0.15) is 0 Å². The lowest BCUT2D eigenvalue weighted by atomic mass is 10.2. The molecule has 0 aromatic heterocycles. The van der Waals surface area contributed by atoms with E-state index < -0.39 is 0 Å². The highest BCUT2D eigenvalue weighted by molar-refractivity contribution is 5.70. The number of anilines is 3. The molecule has 0 aliphatic carbocycles. The van der Waals surface area contributed by atoms with Gasteiger partial charge in [-0.1, -0.05) is 0 Å². The summed E-state index contributed by atoms with van der Waals surface area (Å²) in [7, 11) is 1.77. The molecule has 0 atom stereocenters. The Morgan fingerprint density at radius 2 is 2.00 bits per heavy atom. The molecule has 1 rings (SSSR count). The van der Waals surface area contributed by atoms with Crippen LogP contribution in [0.1, 0.15) is 0 Å². The van der Waals surface area contributed by atoms with Crippen LogP contribution in [0.25, 0.3) is 0 Å². The largest absolute Gasteiger partial charge is 0.399 e. The first kappa shape index (κ1) is 7.68. The molecule has 4 heteroatoms. The van der Waals surface area contributed by atoms with E-state index in [2.05, 4.69) is 10.9 Å². The van der Waals surface area contributed by atoms with Crippen molar-refractivity contribution in [2.75, 3.05) is 23.9 Å². The van der Waals surface area contributed by atoms with Gasteiger partial charge in [-0.2, -0.15) is 0 Å². The number of hydrogen-bond acceptors (Lipinski definition) is 4. The number of nitrogens with one attached hydrogen (secondary N) is 2. The molecule has 1 aromatic carbocycles. The molecule has 60 valence electrons. The minimum atomic E-state index is 0.638. The molecule has 0 heterocycles. The Bertz CT molecular complexity index is 246. The fraction of sp³-hybridized carbons (Fsp3) is 0.143. The Kier molecular flexibility index (Phi) is 2.18. The smallest absolute Gasteiger partial charge is 0.0719 e. The second kappa shape index (κ2) is 3.12. The van der Waals surface area contributed by atoms with Crippen LogP contribution in [0.5, 0.6) is 0 Å². The first-order valence-corrected chi connectivity index (χ1v) is 3.32. The van der Waals surface area contributed by atoms with Crippen LogP contribution in [0.4, 0.5) is 17.1 Å². The highest BCUT2D eigenvalue weighted by Crippen LogP contribution is 2.19. The van der Waals surface area contributed by atoms with Gasteiger partial charge in [0.05, 0.1) is 11.4 Å². The van der Waals surface area contributed by atoms with Crippen molar-refractivity contribution in [3.63, 3.8) is 0 Å². The van der Waals surface area contributed by atoms with Crippen molar-refractivity contribution < 1.29 is 0 Å². The zero-order valence-electron chi connectivity index (χ0n) is 6.39. The maximum Gasteiger partial charge on any atom is 0.0719 e. The van der Waals surface area contributed by atoms with E-state index in [4.69, 9.17) is 11.5 Å². The molecule has 0 bridgehead atoms. The summed E-state index contributed by atoms with van der Waals surface area (Å²) in [5.41, 5.74) is 18.9. The second-order valence-electron chi connectivity index (χ2n) is 2.22. The lowest BCUT2D eigenvalue weighted by molar-refractivity contribution is 0.985. The molecular formula is C7H12N4. The van der Waals surface area contributed by atoms with Gasteiger partial charge in [0, 0.05) is 12.7 Å². The Balaban J connectivity index is 2.90. The van der Waals surface area contributed by atoms with Gasteiger partial charge in [-0.15, -0.1) is 0 Å². The van der Waals surface area contributed by atoms with Crippen molar-refractivity contribution in [2.24, 2.45) is 0 Å². The highest BCUT2D eigenvalue weighted by Gasteiger charge is 1.95. The normalized spacial score (nSPS) is 9.55. The minimum absolute atomic E-state index is 0.638. The van der Waals surface area contributed by atoms with Crippen molar-refractivity contribution >= 4 is 17.1 Å². The average molecular weight is 152 g/mol. The van der Waals surface area contributed by atoms with Gasteiger partial charge in [0.15, 0.2) is 0 Å². The Morgan fingerprint density at radius 3 is 2.55 bits per heavy atom. The first-order valence-electron chi connectivity index (χ1n) is 3.32. The van der Waals surface area contributed by atoms with Crippen LogP contribution in [-0.2, 0) is 0 Å². The Morgan fingerprint density at radius 1 is 1.27 bits per heavy atom.